The van der Waals surface area contributed by atoms with Crippen molar-refractivity contribution in [1.29, 1.82) is 0 Å². The third kappa shape index (κ3) is 3.53. The summed E-state index contributed by atoms with van der Waals surface area (Å²) in [5.74, 6) is -2.17. The second-order valence-electron chi connectivity index (χ2n) is 5.15. The monoisotopic (exact) mass is 305 g/mol. The van der Waals surface area contributed by atoms with Crippen LogP contribution in [0.2, 0.25) is 0 Å². The van der Waals surface area contributed by atoms with Gasteiger partial charge < -0.3 is 10.4 Å². The van der Waals surface area contributed by atoms with E-state index in [0.29, 0.717) is 18.6 Å². The van der Waals surface area contributed by atoms with Crippen LogP contribution in [0.15, 0.2) is 18.2 Å². The Morgan fingerprint density at radius 3 is 2.62 bits per heavy atom. The molecule has 0 aliphatic heterocycles. The Kier molecular flexibility index (Phi) is 4.51. The van der Waals surface area contributed by atoms with E-state index in [4.69, 9.17) is 5.11 Å². The molecule has 0 saturated heterocycles. The van der Waals surface area contributed by atoms with Gasteiger partial charge in [0.2, 0.25) is 0 Å². The fraction of sp³-hybridized carbons (Fsp3) is 0.500. The highest BCUT2D eigenvalue weighted by Crippen LogP contribution is 2.31. The summed E-state index contributed by atoms with van der Waals surface area (Å²) in [6.07, 6.45) is -2.45. The highest BCUT2D eigenvalue weighted by molar-refractivity contribution is 5.94. The minimum Gasteiger partial charge on any atom is -0.396 e. The number of aliphatic hydroxyl groups is 1. The van der Waals surface area contributed by atoms with E-state index in [-0.39, 0.29) is 24.1 Å². The number of hydrogen-bond donors (Lipinski definition) is 2. The Morgan fingerprint density at radius 1 is 1.33 bits per heavy atom. The van der Waals surface area contributed by atoms with E-state index in [2.05, 4.69) is 5.32 Å². The number of aliphatic hydroxyl groups excluding tert-OH is 1. The van der Waals surface area contributed by atoms with Gasteiger partial charge in [-0.3, -0.25) is 4.79 Å². The Labute approximate surface area is 119 Å². The average Bonchev–Trinajstić information content (AvgIpc) is 2.84. The fourth-order valence-corrected chi connectivity index (χ4v) is 2.58. The first-order valence-corrected chi connectivity index (χ1v) is 6.61. The summed E-state index contributed by atoms with van der Waals surface area (Å²) in [6, 6.07) is 1.86. The molecule has 0 aromatic heterocycles. The largest absolute Gasteiger partial charge is 0.419 e. The second-order valence-corrected chi connectivity index (χ2v) is 5.15. The van der Waals surface area contributed by atoms with E-state index in [9.17, 15) is 22.4 Å². The number of benzene rings is 1. The van der Waals surface area contributed by atoms with E-state index in [1.807, 2.05) is 0 Å². The van der Waals surface area contributed by atoms with Gasteiger partial charge in [-0.15, -0.1) is 0 Å². The zero-order chi connectivity index (χ0) is 15.6. The molecule has 1 amide bonds. The lowest BCUT2D eigenvalue weighted by Crippen LogP contribution is -2.38. The van der Waals surface area contributed by atoms with Gasteiger partial charge in [0, 0.05) is 24.1 Å². The van der Waals surface area contributed by atoms with Gasteiger partial charge in [0.05, 0.1) is 5.56 Å². The molecule has 21 heavy (non-hydrogen) atoms. The van der Waals surface area contributed by atoms with E-state index in [1.54, 1.807) is 0 Å². The van der Waals surface area contributed by atoms with Crippen molar-refractivity contribution >= 4 is 5.91 Å². The van der Waals surface area contributed by atoms with Crippen molar-refractivity contribution in [2.75, 3.05) is 6.61 Å². The summed E-state index contributed by atoms with van der Waals surface area (Å²) >= 11 is 0. The maximum Gasteiger partial charge on any atom is 0.419 e. The lowest BCUT2D eigenvalue weighted by atomic mass is 10.0. The molecule has 1 aromatic rings. The van der Waals surface area contributed by atoms with Gasteiger partial charge >= 0.3 is 6.18 Å². The Morgan fingerprint density at radius 2 is 2.05 bits per heavy atom. The van der Waals surface area contributed by atoms with Crippen LogP contribution in [0.4, 0.5) is 17.6 Å². The SMILES string of the molecule is O=C(N[C@@H]1CCC[C@H]1CO)c1ccc(C(F)(F)F)c(F)c1. The molecule has 0 spiro atoms. The Bertz CT molecular complexity index is 530. The summed E-state index contributed by atoms with van der Waals surface area (Å²) in [4.78, 5) is 11.9. The Balaban J connectivity index is 2.11. The molecular formula is C14H15F4NO2. The lowest BCUT2D eigenvalue weighted by Gasteiger charge is -2.19. The molecule has 2 atom stereocenters. The van der Waals surface area contributed by atoms with Crippen molar-refractivity contribution in [3.63, 3.8) is 0 Å². The first-order valence-electron chi connectivity index (χ1n) is 6.61. The van der Waals surface area contributed by atoms with Gasteiger partial charge in [-0.1, -0.05) is 6.42 Å². The summed E-state index contributed by atoms with van der Waals surface area (Å²) in [5, 5.41) is 11.8. The van der Waals surface area contributed by atoms with Crippen LogP contribution in [-0.2, 0) is 6.18 Å². The molecule has 116 valence electrons. The molecule has 2 rings (SSSR count). The summed E-state index contributed by atoms with van der Waals surface area (Å²) in [7, 11) is 0. The van der Waals surface area contributed by atoms with E-state index in [1.165, 1.54) is 0 Å². The number of carbonyl (C=O) groups is 1. The maximum absolute atomic E-state index is 13.4. The van der Waals surface area contributed by atoms with Crippen LogP contribution in [0.1, 0.15) is 35.2 Å². The number of amides is 1. The van der Waals surface area contributed by atoms with Gasteiger partial charge in [-0.25, -0.2) is 4.39 Å². The van der Waals surface area contributed by atoms with Gasteiger partial charge in [-0.05, 0) is 31.0 Å². The fourth-order valence-electron chi connectivity index (χ4n) is 2.58. The zero-order valence-corrected chi connectivity index (χ0v) is 11.1. The molecule has 0 bridgehead atoms. The summed E-state index contributed by atoms with van der Waals surface area (Å²) in [5.41, 5.74) is -1.56. The molecule has 7 heteroatoms. The van der Waals surface area contributed by atoms with Crippen LogP contribution in [0, 0.1) is 11.7 Å². The van der Waals surface area contributed by atoms with Crippen molar-refractivity contribution in [2.24, 2.45) is 5.92 Å². The van der Waals surface area contributed by atoms with E-state index >= 15 is 0 Å². The minimum atomic E-state index is -4.79. The molecule has 0 heterocycles. The number of hydrogen-bond acceptors (Lipinski definition) is 2. The van der Waals surface area contributed by atoms with Gasteiger partial charge in [0.1, 0.15) is 5.82 Å². The number of carbonyl (C=O) groups excluding carboxylic acids is 1. The smallest absolute Gasteiger partial charge is 0.396 e. The molecule has 1 saturated carbocycles. The highest BCUT2D eigenvalue weighted by atomic mass is 19.4. The van der Waals surface area contributed by atoms with Crippen molar-refractivity contribution in [1.82, 2.24) is 5.32 Å². The summed E-state index contributed by atoms with van der Waals surface area (Å²) in [6.45, 7) is -0.0632. The second kappa shape index (κ2) is 6.01. The standard InChI is InChI=1S/C14H15F4NO2/c15-11-6-8(4-5-10(11)14(16,17)18)13(21)19-12-3-1-2-9(12)7-20/h4-6,9,12,20H,1-3,7H2,(H,19,21)/t9-,12+/m0/s1. The summed E-state index contributed by atoms with van der Waals surface area (Å²) < 4.78 is 50.7. The number of halogens is 4. The molecule has 0 unspecified atom stereocenters. The number of nitrogens with one attached hydrogen (secondary N) is 1. The van der Waals surface area contributed by atoms with Crippen LogP contribution in [-0.4, -0.2) is 23.7 Å². The third-order valence-corrected chi connectivity index (χ3v) is 3.75. The highest BCUT2D eigenvalue weighted by Gasteiger charge is 2.34. The van der Waals surface area contributed by atoms with E-state index < -0.39 is 23.5 Å². The van der Waals surface area contributed by atoms with Gasteiger partial charge in [-0.2, -0.15) is 13.2 Å². The van der Waals surface area contributed by atoms with Crippen LogP contribution in [0.5, 0.6) is 0 Å². The Hall–Kier alpha value is -1.63. The first-order chi connectivity index (χ1) is 9.82. The lowest BCUT2D eigenvalue weighted by molar-refractivity contribution is -0.140. The number of alkyl halides is 3. The zero-order valence-electron chi connectivity index (χ0n) is 11.1. The van der Waals surface area contributed by atoms with Crippen LogP contribution in [0.25, 0.3) is 0 Å². The first kappa shape index (κ1) is 15.8. The van der Waals surface area contributed by atoms with Crippen molar-refractivity contribution in [2.45, 2.75) is 31.5 Å². The molecule has 1 aliphatic carbocycles. The number of rotatable bonds is 3. The van der Waals surface area contributed by atoms with Gasteiger partial charge in [0.15, 0.2) is 0 Å². The van der Waals surface area contributed by atoms with Crippen molar-refractivity contribution in [3.8, 4) is 0 Å². The normalized spacial score (nSPS) is 22.3. The van der Waals surface area contributed by atoms with E-state index in [0.717, 1.165) is 18.9 Å². The van der Waals surface area contributed by atoms with Crippen molar-refractivity contribution < 1.29 is 27.5 Å². The molecular weight excluding hydrogens is 290 g/mol. The van der Waals surface area contributed by atoms with Crippen LogP contribution in [0.3, 0.4) is 0 Å². The predicted octanol–water partition coefficient (Wildman–Crippen LogP) is 2.74. The molecule has 0 radical (unpaired) electrons. The molecule has 2 N–H and O–H groups in total. The van der Waals surface area contributed by atoms with Crippen molar-refractivity contribution in [3.05, 3.63) is 35.1 Å². The molecule has 1 aromatic carbocycles. The van der Waals surface area contributed by atoms with Crippen LogP contribution >= 0.6 is 0 Å². The average molecular weight is 305 g/mol. The quantitative estimate of drug-likeness (QED) is 0.844. The third-order valence-electron chi connectivity index (χ3n) is 3.75. The molecule has 3 nitrogen and oxygen atoms in total. The molecule has 1 aliphatic rings. The maximum atomic E-state index is 13.4. The topological polar surface area (TPSA) is 49.3 Å². The van der Waals surface area contributed by atoms with Crippen LogP contribution < -0.4 is 5.32 Å². The molecule has 1 fully saturated rings. The minimum absolute atomic E-state index is 0.0618. The van der Waals surface area contributed by atoms with Gasteiger partial charge in [0.25, 0.3) is 5.91 Å². The predicted molar refractivity (Wildman–Crippen MR) is 67.1 cm³/mol.